The number of carbonyl (C=O) groups is 1. The van der Waals surface area contributed by atoms with Crippen LogP contribution in [0.3, 0.4) is 0 Å². The van der Waals surface area contributed by atoms with Gasteiger partial charge in [-0.3, -0.25) is 4.79 Å². The average Bonchev–Trinajstić information content (AvgIpc) is 2.90. The summed E-state index contributed by atoms with van der Waals surface area (Å²) in [5, 5.41) is 17.8. The molecule has 0 aliphatic heterocycles. The number of nitrogens with zero attached hydrogens (tertiary/aromatic N) is 5. The highest BCUT2D eigenvalue weighted by Gasteiger charge is 2.24. The molecule has 34 heavy (non-hydrogen) atoms. The van der Waals surface area contributed by atoms with Gasteiger partial charge in [0.05, 0.1) is 17.7 Å². The largest absolute Gasteiger partial charge is 0.310 e. The summed E-state index contributed by atoms with van der Waals surface area (Å²) in [5.41, 5.74) is 4.02. The molecule has 1 heterocycles. The van der Waals surface area contributed by atoms with Gasteiger partial charge in [0, 0.05) is 23.4 Å². The predicted molar refractivity (Wildman–Crippen MR) is 135 cm³/mol. The van der Waals surface area contributed by atoms with E-state index in [0.29, 0.717) is 23.1 Å². The van der Waals surface area contributed by atoms with Gasteiger partial charge >= 0.3 is 0 Å². The van der Waals surface area contributed by atoms with Crippen molar-refractivity contribution in [2.24, 2.45) is 0 Å². The van der Waals surface area contributed by atoms with Crippen LogP contribution in [-0.2, 0) is 4.79 Å². The second-order valence-electron chi connectivity index (χ2n) is 7.52. The van der Waals surface area contributed by atoms with Gasteiger partial charge < -0.3 is 4.90 Å². The summed E-state index contributed by atoms with van der Waals surface area (Å²) in [7, 11) is 0. The Kier molecular flexibility index (Phi) is 7.63. The van der Waals surface area contributed by atoms with Gasteiger partial charge in [-0.05, 0) is 19.1 Å². The van der Waals surface area contributed by atoms with Crippen LogP contribution in [0.5, 0.6) is 0 Å². The van der Waals surface area contributed by atoms with Crippen LogP contribution in [0.2, 0.25) is 0 Å². The van der Waals surface area contributed by atoms with Crippen molar-refractivity contribution in [3.05, 3.63) is 91.0 Å². The molecule has 0 radical (unpaired) electrons. The molecule has 0 N–H and O–H groups in total. The summed E-state index contributed by atoms with van der Waals surface area (Å²) in [4.78, 5) is 19.8. The molecular formula is C27H23N5OS. The third kappa shape index (κ3) is 5.48. The number of anilines is 1. The van der Waals surface area contributed by atoms with Crippen LogP contribution in [-0.4, -0.2) is 32.9 Å². The Morgan fingerprint density at radius 2 is 1.44 bits per heavy atom. The SMILES string of the molecule is CC(Sc1nnc(-c2ccccc2)c(-c2ccccc2)n1)C(=O)N(CCC#N)c1ccccc1. The van der Waals surface area contributed by atoms with Gasteiger partial charge in [-0.1, -0.05) is 90.6 Å². The van der Waals surface area contributed by atoms with Crippen molar-refractivity contribution in [2.45, 2.75) is 23.8 Å². The fraction of sp³-hybridized carbons (Fsp3) is 0.148. The molecule has 3 aromatic carbocycles. The number of benzene rings is 3. The number of thioether (sulfide) groups is 1. The highest BCUT2D eigenvalue weighted by atomic mass is 32.2. The molecule has 0 spiro atoms. The lowest BCUT2D eigenvalue weighted by molar-refractivity contribution is -0.117. The lowest BCUT2D eigenvalue weighted by Gasteiger charge is -2.24. The van der Waals surface area contributed by atoms with E-state index >= 15 is 0 Å². The van der Waals surface area contributed by atoms with Crippen LogP contribution >= 0.6 is 11.8 Å². The molecule has 1 amide bonds. The smallest absolute Gasteiger partial charge is 0.240 e. The molecule has 0 aliphatic carbocycles. The van der Waals surface area contributed by atoms with Gasteiger partial charge in [0.25, 0.3) is 0 Å². The lowest BCUT2D eigenvalue weighted by Crippen LogP contribution is -2.37. The summed E-state index contributed by atoms with van der Waals surface area (Å²) < 4.78 is 0. The number of para-hydroxylation sites is 1. The van der Waals surface area contributed by atoms with E-state index in [0.717, 1.165) is 16.8 Å². The molecule has 1 unspecified atom stereocenters. The zero-order valence-electron chi connectivity index (χ0n) is 18.7. The van der Waals surface area contributed by atoms with Crippen molar-refractivity contribution in [1.82, 2.24) is 15.2 Å². The Hall–Kier alpha value is -4.02. The Balaban J connectivity index is 1.63. The fourth-order valence-corrected chi connectivity index (χ4v) is 4.29. The summed E-state index contributed by atoms with van der Waals surface area (Å²) in [5.74, 6) is -0.108. The zero-order chi connectivity index (χ0) is 23.8. The van der Waals surface area contributed by atoms with Gasteiger partial charge in [0.15, 0.2) is 0 Å². The van der Waals surface area contributed by atoms with Gasteiger partial charge in [0.2, 0.25) is 11.1 Å². The van der Waals surface area contributed by atoms with Gasteiger partial charge in [-0.2, -0.15) is 5.26 Å². The summed E-state index contributed by atoms with van der Waals surface area (Å²) in [6.07, 6.45) is 0.250. The van der Waals surface area contributed by atoms with E-state index in [4.69, 9.17) is 10.2 Å². The van der Waals surface area contributed by atoms with E-state index < -0.39 is 5.25 Å². The Morgan fingerprint density at radius 1 is 0.882 bits per heavy atom. The van der Waals surface area contributed by atoms with E-state index in [-0.39, 0.29) is 12.3 Å². The quantitative estimate of drug-likeness (QED) is 0.314. The van der Waals surface area contributed by atoms with E-state index in [1.807, 2.05) is 97.9 Å². The van der Waals surface area contributed by atoms with Crippen molar-refractivity contribution >= 4 is 23.4 Å². The van der Waals surface area contributed by atoms with Crippen LogP contribution in [0.15, 0.2) is 96.2 Å². The van der Waals surface area contributed by atoms with Crippen LogP contribution < -0.4 is 4.90 Å². The summed E-state index contributed by atoms with van der Waals surface area (Å²) in [6, 6.07) is 31.2. The molecule has 0 fully saturated rings. The van der Waals surface area contributed by atoms with E-state index in [9.17, 15) is 4.79 Å². The van der Waals surface area contributed by atoms with Crippen molar-refractivity contribution in [3.63, 3.8) is 0 Å². The lowest BCUT2D eigenvalue weighted by atomic mass is 10.0. The second-order valence-corrected chi connectivity index (χ2v) is 8.83. The Bertz CT molecular complexity index is 1280. The van der Waals surface area contributed by atoms with Crippen molar-refractivity contribution in [2.75, 3.05) is 11.4 Å². The third-order valence-corrected chi connectivity index (χ3v) is 6.11. The molecule has 0 aliphatic rings. The Labute approximate surface area is 203 Å². The molecule has 4 rings (SSSR count). The summed E-state index contributed by atoms with van der Waals surface area (Å²) >= 11 is 1.26. The van der Waals surface area contributed by atoms with Crippen LogP contribution in [0, 0.1) is 11.3 Å². The number of amides is 1. The normalized spacial score (nSPS) is 11.4. The molecular weight excluding hydrogens is 442 g/mol. The number of hydrogen-bond donors (Lipinski definition) is 0. The molecule has 6 nitrogen and oxygen atoms in total. The highest BCUT2D eigenvalue weighted by Crippen LogP contribution is 2.31. The minimum atomic E-state index is -0.466. The number of aromatic nitrogens is 3. The van der Waals surface area contributed by atoms with Crippen LogP contribution in [0.25, 0.3) is 22.5 Å². The maximum atomic E-state index is 13.3. The molecule has 1 aromatic heterocycles. The molecule has 0 saturated carbocycles. The van der Waals surface area contributed by atoms with Crippen molar-refractivity contribution in [1.29, 1.82) is 5.26 Å². The van der Waals surface area contributed by atoms with E-state index in [1.165, 1.54) is 11.8 Å². The number of nitriles is 1. The molecule has 1 atom stereocenters. The number of hydrogen-bond acceptors (Lipinski definition) is 6. The average molecular weight is 466 g/mol. The maximum Gasteiger partial charge on any atom is 0.240 e. The standard InChI is InChI=1S/C27H23N5OS/c1-20(26(33)32(19-11-18-28)23-16-9-4-10-17-23)34-27-29-24(21-12-5-2-6-13-21)25(30-31-27)22-14-7-3-8-15-22/h2-10,12-17,20H,11,19H2,1H3. The fourth-order valence-electron chi connectivity index (χ4n) is 3.51. The van der Waals surface area contributed by atoms with Crippen LogP contribution in [0.1, 0.15) is 13.3 Å². The molecule has 168 valence electrons. The molecule has 0 bridgehead atoms. The Morgan fingerprint density at radius 3 is 2.03 bits per heavy atom. The van der Waals surface area contributed by atoms with Crippen molar-refractivity contribution < 1.29 is 4.79 Å². The maximum absolute atomic E-state index is 13.3. The molecule has 0 saturated heterocycles. The van der Waals surface area contributed by atoms with Gasteiger partial charge in [-0.15, -0.1) is 10.2 Å². The zero-order valence-corrected chi connectivity index (χ0v) is 19.5. The first-order chi connectivity index (χ1) is 16.7. The number of rotatable bonds is 8. The first-order valence-corrected chi connectivity index (χ1v) is 11.8. The third-order valence-electron chi connectivity index (χ3n) is 5.17. The van der Waals surface area contributed by atoms with Crippen LogP contribution in [0.4, 0.5) is 5.69 Å². The minimum Gasteiger partial charge on any atom is -0.310 e. The minimum absolute atomic E-state index is 0.108. The van der Waals surface area contributed by atoms with Crippen molar-refractivity contribution in [3.8, 4) is 28.6 Å². The second kappa shape index (κ2) is 11.2. The van der Waals surface area contributed by atoms with Gasteiger partial charge in [0.1, 0.15) is 11.4 Å². The first-order valence-electron chi connectivity index (χ1n) is 10.9. The summed E-state index contributed by atoms with van der Waals surface area (Å²) in [6.45, 7) is 2.15. The highest BCUT2D eigenvalue weighted by molar-refractivity contribution is 8.00. The van der Waals surface area contributed by atoms with E-state index in [1.54, 1.807) is 4.90 Å². The topological polar surface area (TPSA) is 82.8 Å². The van der Waals surface area contributed by atoms with E-state index in [2.05, 4.69) is 16.3 Å². The predicted octanol–water partition coefficient (Wildman–Crippen LogP) is 5.63. The number of carbonyl (C=O) groups excluding carboxylic acids is 1. The molecule has 7 heteroatoms. The van der Waals surface area contributed by atoms with Gasteiger partial charge in [-0.25, -0.2) is 4.98 Å². The first kappa shape index (κ1) is 23.1. The molecule has 4 aromatic rings. The monoisotopic (exact) mass is 465 g/mol.